The van der Waals surface area contributed by atoms with Crippen molar-refractivity contribution in [1.82, 2.24) is 15.1 Å². The normalized spacial score (nSPS) is 29.8. The summed E-state index contributed by atoms with van der Waals surface area (Å²) in [5.41, 5.74) is -0.153. The molecule has 4 heteroatoms. The Morgan fingerprint density at radius 1 is 1.29 bits per heavy atom. The average molecular weight is 293 g/mol. The Bertz CT molecular complexity index is 383. The van der Waals surface area contributed by atoms with Crippen LogP contribution in [-0.4, -0.2) is 53.1 Å². The van der Waals surface area contributed by atoms with Gasteiger partial charge in [0.2, 0.25) is 5.91 Å². The number of piperidine rings is 1. The second-order valence-electron chi connectivity index (χ2n) is 7.66. The molecule has 2 saturated heterocycles. The van der Waals surface area contributed by atoms with E-state index in [1.165, 1.54) is 13.0 Å². The lowest BCUT2D eigenvalue weighted by Gasteiger charge is -2.39. The Hall–Kier alpha value is -0.610. The number of amides is 1. The monoisotopic (exact) mass is 293 g/mol. The number of rotatable bonds is 5. The van der Waals surface area contributed by atoms with Crippen LogP contribution in [0.25, 0.3) is 0 Å². The van der Waals surface area contributed by atoms with Crippen molar-refractivity contribution in [1.29, 1.82) is 0 Å². The summed E-state index contributed by atoms with van der Waals surface area (Å²) < 4.78 is 0. The number of likely N-dealkylation sites (tertiary alicyclic amines) is 1. The fourth-order valence-electron chi connectivity index (χ4n) is 4.10. The van der Waals surface area contributed by atoms with Gasteiger partial charge in [-0.25, -0.2) is 0 Å². The molecule has 1 saturated carbocycles. The van der Waals surface area contributed by atoms with Gasteiger partial charge in [0.05, 0.1) is 11.7 Å². The van der Waals surface area contributed by atoms with Crippen LogP contribution in [0, 0.1) is 5.92 Å². The molecule has 3 rings (SSSR count). The molecule has 4 nitrogen and oxygen atoms in total. The average Bonchev–Trinajstić information content (AvgIpc) is 3.16. The van der Waals surface area contributed by atoms with Gasteiger partial charge in [0.1, 0.15) is 0 Å². The first-order valence-electron chi connectivity index (χ1n) is 8.88. The van der Waals surface area contributed by atoms with E-state index in [1.807, 2.05) is 0 Å². The van der Waals surface area contributed by atoms with E-state index in [0.29, 0.717) is 17.9 Å². The van der Waals surface area contributed by atoms with Gasteiger partial charge in [-0.15, -0.1) is 0 Å². The molecule has 21 heavy (non-hydrogen) atoms. The number of carbonyl (C=O) groups is 1. The molecule has 3 aliphatic rings. The standard InChI is InChI=1S/C17H31N3O/c1-4-9-19-10-5-14(6-11-19)20-15(12-13(2)3)18-17(7-8-17)16(20)21/h13-15,18H,4-12H2,1-3H3. The van der Waals surface area contributed by atoms with Gasteiger partial charge in [0, 0.05) is 19.1 Å². The van der Waals surface area contributed by atoms with Crippen LogP contribution in [0.3, 0.4) is 0 Å². The molecule has 0 aromatic carbocycles. The first kappa shape index (κ1) is 15.3. The Morgan fingerprint density at radius 3 is 2.48 bits per heavy atom. The summed E-state index contributed by atoms with van der Waals surface area (Å²) >= 11 is 0. The molecule has 2 aliphatic heterocycles. The van der Waals surface area contributed by atoms with Crippen molar-refractivity contribution < 1.29 is 4.79 Å². The van der Waals surface area contributed by atoms with Crippen LogP contribution in [-0.2, 0) is 4.79 Å². The van der Waals surface area contributed by atoms with Crippen molar-refractivity contribution in [2.45, 2.75) is 77.0 Å². The summed E-state index contributed by atoms with van der Waals surface area (Å²) in [6.07, 6.45) is 6.99. The van der Waals surface area contributed by atoms with Gasteiger partial charge in [-0.3, -0.25) is 10.1 Å². The maximum absolute atomic E-state index is 12.8. The van der Waals surface area contributed by atoms with Crippen molar-refractivity contribution in [3.63, 3.8) is 0 Å². The fraction of sp³-hybridized carbons (Fsp3) is 0.941. The first-order chi connectivity index (χ1) is 10.1. The van der Waals surface area contributed by atoms with Crippen LogP contribution >= 0.6 is 0 Å². The predicted octanol–water partition coefficient (Wildman–Crippen LogP) is 2.20. The largest absolute Gasteiger partial charge is 0.322 e. The highest BCUT2D eigenvalue weighted by molar-refractivity contribution is 5.92. The second-order valence-corrected chi connectivity index (χ2v) is 7.66. The predicted molar refractivity (Wildman–Crippen MR) is 84.9 cm³/mol. The molecule has 1 unspecified atom stereocenters. The highest BCUT2D eigenvalue weighted by Gasteiger charge is 2.60. The number of hydrogen-bond donors (Lipinski definition) is 1. The number of nitrogens with one attached hydrogen (secondary N) is 1. The maximum atomic E-state index is 12.8. The molecule has 120 valence electrons. The van der Waals surface area contributed by atoms with Gasteiger partial charge in [-0.2, -0.15) is 0 Å². The lowest BCUT2D eigenvalue weighted by Crippen LogP contribution is -2.50. The molecule has 2 heterocycles. The van der Waals surface area contributed by atoms with Crippen molar-refractivity contribution in [2.75, 3.05) is 19.6 Å². The molecule has 1 amide bonds. The van der Waals surface area contributed by atoms with Crippen LogP contribution < -0.4 is 5.32 Å². The molecule has 0 aromatic rings. The summed E-state index contributed by atoms with van der Waals surface area (Å²) in [4.78, 5) is 17.6. The summed E-state index contributed by atoms with van der Waals surface area (Å²) in [5.74, 6) is 1.04. The van der Waals surface area contributed by atoms with Crippen molar-refractivity contribution >= 4 is 5.91 Å². The molecule has 0 aromatic heterocycles. The van der Waals surface area contributed by atoms with E-state index in [9.17, 15) is 4.79 Å². The fourth-order valence-corrected chi connectivity index (χ4v) is 4.10. The van der Waals surface area contributed by atoms with E-state index < -0.39 is 0 Å². The summed E-state index contributed by atoms with van der Waals surface area (Å²) in [6, 6.07) is 0.460. The first-order valence-corrected chi connectivity index (χ1v) is 8.88. The van der Waals surface area contributed by atoms with Crippen LogP contribution in [0.4, 0.5) is 0 Å². The second kappa shape index (κ2) is 5.88. The molecule has 0 radical (unpaired) electrons. The summed E-state index contributed by atoms with van der Waals surface area (Å²) in [7, 11) is 0. The van der Waals surface area contributed by atoms with Crippen molar-refractivity contribution in [3.05, 3.63) is 0 Å². The quantitative estimate of drug-likeness (QED) is 0.844. The maximum Gasteiger partial charge on any atom is 0.244 e. The Balaban J connectivity index is 1.65. The summed E-state index contributed by atoms with van der Waals surface area (Å²) in [6.45, 7) is 10.3. The van der Waals surface area contributed by atoms with E-state index in [1.54, 1.807) is 0 Å². The lowest BCUT2D eigenvalue weighted by molar-refractivity contribution is -0.134. The molecular weight excluding hydrogens is 262 g/mol. The van der Waals surface area contributed by atoms with E-state index in [0.717, 1.165) is 45.2 Å². The molecule has 1 aliphatic carbocycles. The minimum Gasteiger partial charge on any atom is -0.322 e. The topological polar surface area (TPSA) is 35.6 Å². The minimum atomic E-state index is -0.153. The molecule has 0 bridgehead atoms. The Morgan fingerprint density at radius 2 is 1.95 bits per heavy atom. The zero-order valence-corrected chi connectivity index (χ0v) is 13.9. The van der Waals surface area contributed by atoms with Crippen LogP contribution in [0.1, 0.15) is 59.3 Å². The van der Waals surface area contributed by atoms with Gasteiger partial charge in [0.25, 0.3) is 0 Å². The van der Waals surface area contributed by atoms with Gasteiger partial charge < -0.3 is 9.80 Å². The number of carbonyl (C=O) groups excluding carboxylic acids is 1. The Labute approximate surface area is 129 Å². The molecule has 1 atom stereocenters. The van der Waals surface area contributed by atoms with E-state index in [-0.39, 0.29) is 11.7 Å². The highest BCUT2D eigenvalue weighted by atomic mass is 16.2. The number of hydrogen-bond acceptors (Lipinski definition) is 3. The van der Waals surface area contributed by atoms with E-state index in [2.05, 4.69) is 35.9 Å². The molecule has 3 fully saturated rings. The molecular formula is C17H31N3O. The van der Waals surface area contributed by atoms with Gasteiger partial charge >= 0.3 is 0 Å². The minimum absolute atomic E-state index is 0.153. The molecule has 1 spiro atoms. The zero-order chi connectivity index (χ0) is 15.0. The van der Waals surface area contributed by atoms with Crippen molar-refractivity contribution in [3.8, 4) is 0 Å². The zero-order valence-electron chi connectivity index (χ0n) is 13.9. The lowest BCUT2D eigenvalue weighted by atomic mass is 10.0. The Kier molecular flexibility index (Phi) is 4.28. The van der Waals surface area contributed by atoms with E-state index >= 15 is 0 Å². The SMILES string of the molecule is CCCN1CCC(N2C(=O)C3(CC3)NC2CC(C)C)CC1. The van der Waals surface area contributed by atoms with Crippen LogP contribution in [0.5, 0.6) is 0 Å². The number of nitrogens with zero attached hydrogens (tertiary/aromatic N) is 2. The van der Waals surface area contributed by atoms with Gasteiger partial charge in [-0.1, -0.05) is 20.8 Å². The van der Waals surface area contributed by atoms with E-state index in [4.69, 9.17) is 0 Å². The third-order valence-electron chi connectivity index (χ3n) is 5.36. The third kappa shape index (κ3) is 2.98. The summed E-state index contributed by atoms with van der Waals surface area (Å²) in [5, 5.41) is 3.67. The van der Waals surface area contributed by atoms with Gasteiger partial charge in [-0.05, 0) is 51.0 Å². The smallest absolute Gasteiger partial charge is 0.244 e. The van der Waals surface area contributed by atoms with Gasteiger partial charge in [0.15, 0.2) is 0 Å². The van der Waals surface area contributed by atoms with Crippen LogP contribution in [0.15, 0.2) is 0 Å². The third-order valence-corrected chi connectivity index (χ3v) is 5.36. The molecule has 1 N–H and O–H groups in total. The van der Waals surface area contributed by atoms with Crippen molar-refractivity contribution in [2.24, 2.45) is 5.92 Å². The highest BCUT2D eigenvalue weighted by Crippen LogP contribution is 2.44. The van der Waals surface area contributed by atoms with Crippen LogP contribution in [0.2, 0.25) is 0 Å².